The number of amides is 1. The summed E-state index contributed by atoms with van der Waals surface area (Å²) in [5.74, 6) is 0.0958. The quantitative estimate of drug-likeness (QED) is 0.848. The van der Waals surface area contributed by atoms with Gasteiger partial charge in [-0.3, -0.25) is 4.79 Å². The van der Waals surface area contributed by atoms with Crippen molar-refractivity contribution in [2.45, 2.75) is 27.2 Å². The third-order valence-electron chi connectivity index (χ3n) is 3.01. The van der Waals surface area contributed by atoms with E-state index in [2.05, 4.69) is 6.92 Å². The molecule has 17 heavy (non-hydrogen) atoms. The molecule has 0 aliphatic carbocycles. The number of benzene rings is 1. The molecule has 3 heteroatoms. The maximum atomic E-state index is 12.4. The molecule has 1 aromatic rings. The molecule has 0 radical (unpaired) electrons. The molecule has 0 aliphatic heterocycles. The van der Waals surface area contributed by atoms with Crippen molar-refractivity contribution < 1.29 is 4.79 Å². The highest BCUT2D eigenvalue weighted by atomic mass is 16.2. The summed E-state index contributed by atoms with van der Waals surface area (Å²) >= 11 is 0. The average Bonchev–Trinajstić information content (AvgIpc) is 2.31. The molecule has 0 saturated carbocycles. The van der Waals surface area contributed by atoms with E-state index in [9.17, 15) is 4.79 Å². The zero-order chi connectivity index (χ0) is 12.8. The van der Waals surface area contributed by atoms with Crippen LogP contribution in [0.1, 0.15) is 34.8 Å². The summed E-state index contributed by atoms with van der Waals surface area (Å²) in [7, 11) is 0. The molecule has 0 saturated heterocycles. The summed E-state index contributed by atoms with van der Waals surface area (Å²) in [4.78, 5) is 14.2. The van der Waals surface area contributed by atoms with Crippen molar-refractivity contribution in [3.05, 3.63) is 34.9 Å². The van der Waals surface area contributed by atoms with Gasteiger partial charge in [0.05, 0.1) is 0 Å². The second kappa shape index (κ2) is 6.40. The molecule has 0 aromatic heterocycles. The van der Waals surface area contributed by atoms with Gasteiger partial charge in [0.2, 0.25) is 0 Å². The lowest BCUT2D eigenvalue weighted by molar-refractivity contribution is 0.0759. The van der Waals surface area contributed by atoms with Gasteiger partial charge in [-0.1, -0.05) is 19.1 Å². The largest absolute Gasteiger partial charge is 0.337 e. The topological polar surface area (TPSA) is 46.3 Å². The smallest absolute Gasteiger partial charge is 0.254 e. The summed E-state index contributed by atoms with van der Waals surface area (Å²) < 4.78 is 0. The standard InChI is InChI=1S/C14H22N2O/c1-4-9-16(10-8-15)14(17)13-7-5-6-11(2)12(13)3/h5-7H,4,8-10,15H2,1-3H3. The molecule has 1 aromatic carbocycles. The lowest BCUT2D eigenvalue weighted by atomic mass is 10.0. The Kier molecular flexibility index (Phi) is 5.16. The van der Waals surface area contributed by atoms with Crippen LogP contribution >= 0.6 is 0 Å². The van der Waals surface area contributed by atoms with E-state index >= 15 is 0 Å². The molecule has 1 rings (SSSR count). The van der Waals surface area contributed by atoms with Crippen LogP contribution in [0, 0.1) is 13.8 Å². The Labute approximate surface area is 104 Å². The fourth-order valence-electron chi connectivity index (χ4n) is 1.89. The fourth-order valence-corrected chi connectivity index (χ4v) is 1.89. The molecule has 1 amide bonds. The number of nitrogens with zero attached hydrogens (tertiary/aromatic N) is 1. The molecular weight excluding hydrogens is 212 g/mol. The molecule has 0 unspecified atom stereocenters. The van der Waals surface area contributed by atoms with Gasteiger partial charge in [0.25, 0.3) is 5.91 Å². The number of aryl methyl sites for hydroxylation is 1. The van der Waals surface area contributed by atoms with E-state index in [0.717, 1.165) is 29.7 Å². The van der Waals surface area contributed by atoms with Crippen LogP contribution < -0.4 is 5.73 Å². The van der Waals surface area contributed by atoms with E-state index in [1.165, 1.54) is 0 Å². The fraction of sp³-hybridized carbons (Fsp3) is 0.500. The third-order valence-corrected chi connectivity index (χ3v) is 3.01. The second-order valence-corrected chi connectivity index (χ2v) is 4.33. The van der Waals surface area contributed by atoms with Gasteiger partial charge in [0.15, 0.2) is 0 Å². The summed E-state index contributed by atoms with van der Waals surface area (Å²) in [6.07, 6.45) is 0.955. The molecule has 0 heterocycles. The van der Waals surface area contributed by atoms with Gasteiger partial charge in [-0.05, 0) is 37.5 Å². The Hall–Kier alpha value is -1.35. The SMILES string of the molecule is CCCN(CCN)C(=O)c1cccc(C)c1C. The first-order valence-corrected chi connectivity index (χ1v) is 6.17. The highest BCUT2D eigenvalue weighted by Gasteiger charge is 2.16. The van der Waals surface area contributed by atoms with Crippen molar-refractivity contribution in [3.63, 3.8) is 0 Å². The monoisotopic (exact) mass is 234 g/mol. The zero-order valence-corrected chi connectivity index (χ0v) is 11.0. The van der Waals surface area contributed by atoms with Crippen LogP contribution in [-0.4, -0.2) is 30.4 Å². The number of carbonyl (C=O) groups excluding carboxylic acids is 1. The van der Waals surface area contributed by atoms with Crippen molar-refractivity contribution in [1.82, 2.24) is 4.90 Å². The average molecular weight is 234 g/mol. The Morgan fingerprint density at radius 1 is 1.29 bits per heavy atom. The predicted molar refractivity (Wildman–Crippen MR) is 71.2 cm³/mol. The van der Waals surface area contributed by atoms with E-state index in [-0.39, 0.29) is 5.91 Å². The first kappa shape index (κ1) is 13.7. The molecule has 2 N–H and O–H groups in total. The summed E-state index contributed by atoms with van der Waals surface area (Å²) in [5, 5.41) is 0. The highest BCUT2D eigenvalue weighted by Crippen LogP contribution is 2.15. The lowest BCUT2D eigenvalue weighted by Crippen LogP contribution is -2.36. The van der Waals surface area contributed by atoms with Gasteiger partial charge in [-0.15, -0.1) is 0 Å². The van der Waals surface area contributed by atoms with E-state index in [0.29, 0.717) is 13.1 Å². The molecule has 0 bridgehead atoms. The Bertz CT molecular complexity index is 382. The van der Waals surface area contributed by atoms with Crippen LogP contribution in [0.15, 0.2) is 18.2 Å². The number of rotatable bonds is 5. The first-order chi connectivity index (χ1) is 8.11. The predicted octanol–water partition coefficient (Wildman–Crippen LogP) is 2.11. The summed E-state index contributed by atoms with van der Waals surface area (Å²) in [5.41, 5.74) is 8.57. The number of nitrogens with two attached hydrogens (primary N) is 1. The van der Waals surface area contributed by atoms with Gasteiger partial charge in [-0.25, -0.2) is 0 Å². The van der Waals surface area contributed by atoms with Crippen LogP contribution in [-0.2, 0) is 0 Å². The molecule has 94 valence electrons. The van der Waals surface area contributed by atoms with Crippen molar-refractivity contribution in [3.8, 4) is 0 Å². The molecule has 3 nitrogen and oxygen atoms in total. The molecule has 0 aliphatic rings. The highest BCUT2D eigenvalue weighted by molar-refractivity contribution is 5.96. The lowest BCUT2D eigenvalue weighted by Gasteiger charge is -2.22. The number of carbonyl (C=O) groups is 1. The number of hydrogen-bond acceptors (Lipinski definition) is 2. The summed E-state index contributed by atoms with van der Waals surface area (Å²) in [6.45, 7) is 7.99. The van der Waals surface area contributed by atoms with E-state index in [1.807, 2.05) is 36.9 Å². The van der Waals surface area contributed by atoms with Crippen molar-refractivity contribution >= 4 is 5.91 Å². The molecular formula is C14H22N2O. The maximum absolute atomic E-state index is 12.4. The van der Waals surface area contributed by atoms with Crippen LogP contribution in [0.25, 0.3) is 0 Å². The van der Waals surface area contributed by atoms with E-state index < -0.39 is 0 Å². The Morgan fingerprint density at radius 3 is 2.59 bits per heavy atom. The van der Waals surface area contributed by atoms with Gasteiger partial charge >= 0.3 is 0 Å². The normalized spacial score (nSPS) is 10.4. The Balaban J connectivity index is 2.96. The van der Waals surface area contributed by atoms with Gasteiger partial charge in [0.1, 0.15) is 0 Å². The van der Waals surface area contributed by atoms with Crippen molar-refractivity contribution in [2.75, 3.05) is 19.6 Å². The van der Waals surface area contributed by atoms with E-state index in [1.54, 1.807) is 0 Å². The van der Waals surface area contributed by atoms with Gasteiger partial charge in [-0.2, -0.15) is 0 Å². The van der Waals surface area contributed by atoms with Gasteiger partial charge < -0.3 is 10.6 Å². The minimum Gasteiger partial charge on any atom is -0.337 e. The molecule has 0 fully saturated rings. The maximum Gasteiger partial charge on any atom is 0.254 e. The Morgan fingerprint density at radius 2 is 2.00 bits per heavy atom. The minimum atomic E-state index is 0.0958. The van der Waals surface area contributed by atoms with Crippen LogP contribution in [0.3, 0.4) is 0 Å². The summed E-state index contributed by atoms with van der Waals surface area (Å²) in [6, 6.07) is 5.85. The molecule has 0 atom stereocenters. The number of hydrogen-bond donors (Lipinski definition) is 1. The van der Waals surface area contributed by atoms with Crippen molar-refractivity contribution in [2.24, 2.45) is 5.73 Å². The second-order valence-electron chi connectivity index (χ2n) is 4.33. The third kappa shape index (κ3) is 3.30. The van der Waals surface area contributed by atoms with E-state index in [4.69, 9.17) is 5.73 Å². The minimum absolute atomic E-state index is 0.0958. The molecule has 0 spiro atoms. The zero-order valence-electron chi connectivity index (χ0n) is 11.0. The van der Waals surface area contributed by atoms with Gasteiger partial charge in [0, 0.05) is 25.2 Å². The van der Waals surface area contributed by atoms with Crippen molar-refractivity contribution in [1.29, 1.82) is 0 Å². The van der Waals surface area contributed by atoms with Crippen LogP contribution in [0.4, 0.5) is 0 Å². The van der Waals surface area contributed by atoms with Crippen LogP contribution in [0.5, 0.6) is 0 Å². The first-order valence-electron chi connectivity index (χ1n) is 6.17. The van der Waals surface area contributed by atoms with Crippen LogP contribution in [0.2, 0.25) is 0 Å².